The lowest BCUT2D eigenvalue weighted by Gasteiger charge is -2.35. The molecule has 0 radical (unpaired) electrons. The predicted octanol–water partition coefficient (Wildman–Crippen LogP) is 1.74. The van der Waals surface area contributed by atoms with E-state index in [1.54, 1.807) is 0 Å². The maximum absolute atomic E-state index is 11.7. The van der Waals surface area contributed by atoms with Crippen molar-refractivity contribution in [2.75, 3.05) is 6.61 Å². The van der Waals surface area contributed by atoms with Gasteiger partial charge >= 0.3 is 5.97 Å². The summed E-state index contributed by atoms with van der Waals surface area (Å²) in [7, 11) is 0. The van der Waals surface area contributed by atoms with Gasteiger partial charge in [0.25, 0.3) is 11.8 Å². The van der Waals surface area contributed by atoms with E-state index in [2.05, 4.69) is 0 Å². The summed E-state index contributed by atoms with van der Waals surface area (Å²) < 4.78 is 5.71. The molecule has 0 fully saturated rings. The maximum atomic E-state index is 11.7. The van der Waals surface area contributed by atoms with E-state index in [1.165, 1.54) is 17.1 Å². The highest BCUT2D eigenvalue weighted by Crippen LogP contribution is 2.25. The van der Waals surface area contributed by atoms with Gasteiger partial charge in [-0.1, -0.05) is 0 Å². The number of hydrogen-bond donors (Lipinski definition) is 1. The maximum Gasteiger partial charge on any atom is 0.303 e. The molecule has 118 valence electrons. The number of carboxylic acids is 1. The van der Waals surface area contributed by atoms with Crippen molar-refractivity contribution in [2.45, 2.75) is 58.1 Å². The molecule has 2 amide bonds. The summed E-state index contributed by atoms with van der Waals surface area (Å²) in [5, 5.41) is 8.69. The highest BCUT2D eigenvalue weighted by molar-refractivity contribution is 6.13. The highest BCUT2D eigenvalue weighted by atomic mass is 16.5. The van der Waals surface area contributed by atoms with Gasteiger partial charge < -0.3 is 9.84 Å². The second-order valence-corrected chi connectivity index (χ2v) is 6.41. The van der Waals surface area contributed by atoms with E-state index in [-0.39, 0.29) is 18.2 Å². The molecule has 0 saturated heterocycles. The molecule has 0 bridgehead atoms. The van der Waals surface area contributed by atoms with Crippen molar-refractivity contribution in [3.8, 4) is 0 Å². The molecule has 6 heteroatoms. The van der Waals surface area contributed by atoms with Crippen LogP contribution in [0.3, 0.4) is 0 Å². The molecule has 6 nitrogen and oxygen atoms in total. The smallest absolute Gasteiger partial charge is 0.303 e. The van der Waals surface area contributed by atoms with Gasteiger partial charge in [-0.2, -0.15) is 0 Å². The second-order valence-electron chi connectivity index (χ2n) is 6.41. The third kappa shape index (κ3) is 4.97. The Labute approximate surface area is 124 Å². The Morgan fingerprint density at radius 3 is 2.14 bits per heavy atom. The summed E-state index contributed by atoms with van der Waals surface area (Å²) in [5.74, 6) is -1.48. The molecule has 21 heavy (non-hydrogen) atoms. The van der Waals surface area contributed by atoms with E-state index in [0.717, 1.165) is 0 Å². The molecule has 1 N–H and O–H groups in total. The van der Waals surface area contributed by atoms with Crippen LogP contribution < -0.4 is 0 Å². The number of imide groups is 1. The largest absolute Gasteiger partial charge is 0.481 e. The van der Waals surface area contributed by atoms with Crippen molar-refractivity contribution in [1.82, 2.24) is 4.90 Å². The van der Waals surface area contributed by atoms with Gasteiger partial charge in [0.1, 0.15) is 0 Å². The molecule has 0 atom stereocenters. The zero-order valence-corrected chi connectivity index (χ0v) is 13.0. The molecular weight excluding hydrogens is 274 g/mol. The quantitative estimate of drug-likeness (QED) is 0.690. The summed E-state index contributed by atoms with van der Waals surface area (Å²) >= 11 is 0. The Balaban J connectivity index is 2.49. The molecular formula is C15H23NO5. The Kier molecular flexibility index (Phi) is 5.28. The minimum Gasteiger partial charge on any atom is -0.481 e. The number of carbonyl (C=O) groups excluding carboxylic acids is 2. The molecule has 1 rings (SSSR count). The number of aliphatic carboxylic acids is 1. The lowest BCUT2D eigenvalue weighted by atomic mass is 9.98. The first-order chi connectivity index (χ1) is 9.55. The van der Waals surface area contributed by atoms with E-state index in [4.69, 9.17) is 9.84 Å². The average Bonchev–Trinajstić information content (AvgIpc) is 2.66. The van der Waals surface area contributed by atoms with Crippen molar-refractivity contribution in [1.29, 1.82) is 0 Å². The van der Waals surface area contributed by atoms with Crippen molar-refractivity contribution < 1.29 is 24.2 Å². The number of nitrogens with zero attached hydrogens (tertiary/aromatic N) is 1. The first-order valence-electron chi connectivity index (χ1n) is 6.97. The second kappa shape index (κ2) is 6.39. The van der Waals surface area contributed by atoms with Gasteiger partial charge in [-0.3, -0.25) is 19.3 Å². The minimum atomic E-state index is -0.855. The van der Waals surface area contributed by atoms with Crippen LogP contribution in [0, 0.1) is 0 Å². The van der Waals surface area contributed by atoms with Gasteiger partial charge in [0.05, 0.1) is 5.60 Å². The van der Waals surface area contributed by atoms with Crippen molar-refractivity contribution in [3.05, 3.63) is 12.2 Å². The van der Waals surface area contributed by atoms with Crippen LogP contribution in [0.15, 0.2) is 12.2 Å². The SMILES string of the molecule is CC(C)(CCC(=O)O)OCCC(C)(C)N1C(=O)C=CC1=O. The number of rotatable bonds is 8. The highest BCUT2D eigenvalue weighted by Gasteiger charge is 2.37. The molecule has 0 aromatic heterocycles. The summed E-state index contributed by atoms with van der Waals surface area (Å²) in [4.78, 5) is 35.2. The average molecular weight is 297 g/mol. The van der Waals surface area contributed by atoms with E-state index in [1.807, 2.05) is 27.7 Å². The van der Waals surface area contributed by atoms with E-state index in [0.29, 0.717) is 19.4 Å². The van der Waals surface area contributed by atoms with Crippen LogP contribution in [-0.2, 0) is 19.1 Å². The van der Waals surface area contributed by atoms with E-state index < -0.39 is 17.1 Å². The van der Waals surface area contributed by atoms with Crippen LogP contribution in [0.4, 0.5) is 0 Å². The first-order valence-corrected chi connectivity index (χ1v) is 6.97. The number of carboxylic acid groups (broad SMARTS) is 1. The van der Waals surface area contributed by atoms with Crippen molar-refractivity contribution >= 4 is 17.8 Å². The van der Waals surface area contributed by atoms with E-state index in [9.17, 15) is 14.4 Å². The standard InChI is InChI=1S/C15H23NO5/c1-14(2,16-11(17)5-6-12(16)18)9-10-21-15(3,4)8-7-13(19)20/h5-6H,7-10H2,1-4H3,(H,19,20). The predicted molar refractivity (Wildman–Crippen MR) is 76.6 cm³/mol. The summed E-state index contributed by atoms with van der Waals surface area (Å²) in [6, 6.07) is 0. The van der Waals surface area contributed by atoms with Crippen molar-refractivity contribution in [2.24, 2.45) is 0 Å². The molecule has 1 aliphatic heterocycles. The van der Waals surface area contributed by atoms with Crippen LogP contribution >= 0.6 is 0 Å². The number of amides is 2. The summed E-state index contributed by atoms with van der Waals surface area (Å²) in [6.45, 7) is 7.62. The van der Waals surface area contributed by atoms with Crippen LogP contribution in [0.1, 0.15) is 47.0 Å². The van der Waals surface area contributed by atoms with Crippen LogP contribution in [0.5, 0.6) is 0 Å². The topological polar surface area (TPSA) is 83.9 Å². The normalized spacial score (nSPS) is 15.9. The third-order valence-electron chi connectivity index (χ3n) is 3.56. The van der Waals surface area contributed by atoms with Gasteiger partial charge in [-0.25, -0.2) is 0 Å². The Bertz CT molecular complexity index is 447. The Morgan fingerprint density at radius 2 is 1.67 bits per heavy atom. The van der Waals surface area contributed by atoms with Gasteiger partial charge in [0.15, 0.2) is 0 Å². The minimum absolute atomic E-state index is 0.0450. The van der Waals surface area contributed by atoms with Crippen LogP contribution in [-0.4, -0.2) is 45.5 Å². The molecule has 0 aromatic carbocycles. The Morgan fingerprint density at radius 1 is 1.14 bits per heavy atom. The van der Waals surface area contributed by atoms with Gasteiger partial charge in [0.2, 0.25) is 0 Å². The first kappa shape index (κ1) is 17.4. The lowest BCUT2D eigenvalue weighted by molar-refractivity contribution is -0.145. The van der Waals surface area contributed by atoms with Crippen LogP contribution in [0.2, 0.25) is 0 Å². The van der Waals surface area contributed by atoms with Crippen LogP contribution in [0.25, 0.3) is 0 Å². The fourth-order valence-electron chi connectivity index (χ4n) is 2.17. The molecule has 0 saturated carbocycles. The number of hydrogen-bond acceptors (Lipinski definition) is 4. The zero-order chi connectivity index (χ0) is 16.3. The Hall–Kier alpha value is -1.69. The monoisotopic (exact) mass is 297 g/mol. The molecule has 1 heterocycles. The molecule has 0 unspecified atom stereocenters. The number of carbonyl (C=O) groups is 3. The third-order valence-corrected chi connectivity index (χ3v) is 3.56. The summed E-state index contributed by atoms with van der Waals surface area (Å²) in [6.07, 6.45) is 3.47. The lowest BCUT2D eigenvalue weighted by Crippen LogP contribution is -2.48. The van der Waals surface area contributed by atoms with Gasteiger partial charge in [-0.15, -0.1) is 0 Å². The molecule has 1 aliphatic rings. The number of ether oxygens (including phenoxy) is 1. The fourth-order valence-corrected chi connectivity index (χ4v) is 2.17. The van der Waals surface area contributed by atoms with Crippen molar-refractivity contribution in [3.63, 3.8) is 0 Å². The van der Waals surface area contributed by atoms with E-state index >= 15 is 0 Å². The van der Waals surface area contributed by atoms with Gasteiger partial charge in [-0.05, 0) is 40.5 Å². The zero-order valence-electron chi connectivity index (χ0n) is 13.0. The summed E-state index contributed by atoms with van der Waals surface area (Å²) in [5.41, 5.74) is -1.19. The molecule has 0 spiro atoms. The fraction of sp³-hybridized carbons (Fsp3) is 0.667. The molecule has 0 aliphatic carbocycles. The molecule has 0 aromatic rings. The van der Waals surface area contributed by atoms with Gasteiger partial charge in [0, 0.05) is 30.7 Å².